The smallest absolute Gasteiger partial charge is 0.309 e. The molecule has 0 unspecified atom stereocenters. The minimum Gasteiger partial charge on any atom is -0.457 e. The predicted molar refractivity (Wildman–Crippen MR) is 89.6 cm³/mol. The molecule has 1 aliphatic carbocycles. The van der Waals surface area contributed by atoms with E-state index in [2.05, 4.69) is 37.3 Å². The molecule has 0 saturated heterocycles. The minimum absolute atomic E-state index is 0.000270. The Labute approximate surface area is 132 Å². The fraction of sp³-hybridized carbons (Fsp3) is 0.450. The summed E-state index contributed by atoms with van der Waals surface area (Å²) in [5, 5.41) is 2.42. The second-order valence-corrected chi connectivity index (χ2v) is 6.28. The van der Waals surface area contributed by atoms with Crippen LogP contribution in [0.3, 0.4) is 0 Å². The minimum atomic E-state index is -0.126. The van der Waals surface area contributed by atoms with Crippen molar-refractivity contribution in [3.63, 3.8) is 0 Å². The van der Waals surface area contributed by atoms with E-state index in [0.717, 1.165) is 37.7 Å². The fourth-order valence-corrected chi connectivity index (χ4v) is 3.37. The van der Waals surface area contributed by atoms with Crippen molar-refractivity contribution in [1.29, 1.82) is 0 Å². The normalized spacial score (nSPS) is 17.3. The maximum absolute atomic E-state index is 12.4. The number of carbonyl (C=O) groups excluding carboxylic acids is 1. The Morgan fingerprint density at radius 2 is 1.82 bits per heavy atom. The maximum atomic E-state index is 12.4. The lowest BCUT2D eigenvalue weighted by atomic mass is 9.89. The molecule has 22 heavy (non-hydrogen) atoms. The molecule has 0 bridgehead atoms. The highest BCUT2D eigenvalue weighted by Crippen LogP contribution is 2.30. The van der Waals surface area contributed by atoms with Gasteiger partial charge in [-0.1, -0.05) is 62.6 Å². The lowest BCUT2D eigenvalue weighted by Crippen LogP contribution is -2.22. The molecule has 0 radical (unpaired) electrons. The summed E-state index contributed by atoms with van der Waals surface area (Å²) in [6.07, 6.45) is 6.25. The standard InChI is InChI=1S/C20H24O2/c1-2-19(22-20(21)16-9-4-3-5-10-16)18-13-12-15-8-6-7-11-17(15)14-18/h6-8,11-14,16,19H,2-5,9-10H2,1H3/t19-/m0/s1. The van der Waals surface area contributed by atoms with Crippen molar-refractivity contribution in [3.8, 4) is 0 Å². The van der Waals surface area contributed by atoms with Crippen LogP contribution in [-0.2, 0) is 9.53 Å². The molecule has 2 heteroatoms. The average molecular weight is 296 g/mol. The Morgan fingerprint density at radius 3 is 2.55 bits per heavy atom. The molecular weight excluding hydrogens is 272 g/mol. The van der Waals surface area contributed by atoms with Gasteiger partial charge in [0.15, 0.2) is 0 Å². The van der Waals surface area contributed by atoms with Crippen LogP contribution in [0.15, 0.2) is 42.5 Å². The predicted octanol–water partition coefficient (Wildman–Crippen LogP) is 5.41. The van der Waals surface area contributed by atoms with Crippen LogP contribution >= 0.6 is 0 Å². The van der Waals surface area contributed by atoms with Gasteiger partial charge in [0.05, 0.1) is 5.92 Å². The Hall–Kier alpha value is -1.83. The van der Waals surface area contributed by atoms with Gasteiger partial charge < -0.3 is 4.74 Å². The summed E-state index contributed by atoms with van der Waals surface area (Å²) in [6.45, 7) is 2.08. The van der Waals surface area contributed by atoms with Gasteiger partial charge in [0.2, 0.25) is 0 Å². The first kappa shape index (κ1) is 15.1. The second kappa shape index (κ2) is 6.95. The van der Waals surface area contributed by atoms with Gasteiger partial charge in [-0.2, -0.15) is 0 Å². The molecule has 0 aliphatic heterocycles. The summed E-state index contributed by atoms with van der Waals surface area (Å²) in [7, 11) is 0. The first-order valence-electron chi connectivity index (χ1n) is 8.47. The number of hydrogen-bond donors (Lipinski definition) is 0. The summed E-state index contributed by atoms with van der Waals surface area (Å²) < 4.78 is 5.84. The van der Waals surface area contributed by atoms with Crippen LogP contribution in [0.2, 0.25) is 0 Å². The van der Waals surface area contributed by atoms with Gasteiger partial charge in [0.1, 0.15) is 6.10 Å². The third-order valence-electron chi connectivity index (χ3n) is 4.71. The largest absolute Gasteiger partial charge is 0.457 e. The Kier molecular flexibility index (Phi) is 4.77. The van der Waals surface area contributed by atoms with E-state index in [0.29, 0.717) is 0 Å². The van der Waals surface area contributed by atoms with Crippen molar-refractivity contribution in [1.82, 2.24) is 0 Å². The quantitative estimate of drug-likeness (QED) is 0.705. The Bertz CT molecular complexity index is 641. The molecule has 0 aromatic heterocycles. The van der Waals surface area contributed by atoms with Gasteiger partial charge >= 0.3 is 5.97 Å². The first-order valence-corrected chi connectivity index (χ1v) is 8.47. The number of fused-ring (bicyclic) bond motifs is 1. The van der Waals surface area contributed by atoms with E-state index >= 15 is 0 Å². The van der Waals surface area contributed by atoms with E-state index in [1.807, 2.05) is 12.1 Å². The molecule has 2 aromatic carbocycles. The third-order valence-corrected chi connectivity index (χ3v) is 4.71. The highest BCUT2D eigenvalue weighted by Gasteiger charge is 2.25. The van der Waals surface area contributed by atoms with E-state index in [1.54, 1.807) is 0 Å². The van der Waals surface area contributed by atoms with Crippen LogP contribution in [0.25, 0.3) is 10.8 Å². The Balaban J connectivity index is 1.75. The Morgan fingerprint density at radius 1 is 1.09 bits per heavy atom. The lowest BCUT2D eigenvalue weighted by molar-refractivity contribution is -0.155. The molecule has 0 heterocycles. The maximum Gasteiger partial charge on any atom is 0.309 e. The number of hydrogen-bond acceptors (Lipinski definition) is 2. The van der Waals surface area contributed by atoms with E-state index in [1.165, 1.54) is 17.2 Å². The molecule has 0 N–H and O–H groups in total. The van der Waals surface area contributed by atoms with Crippen molar-refractivity contribution in [2.24, 2.45) is 5.92 Å². The van der Waals surface area contributed by atoms with Crippen LogP contribution in [0.4, 0.5) is 0 Å². The molecule has 1 atom stereocenters. The summed E-state index contributed by atoms with van der Waals surface area (Å²) in [5.41, 5.74) is 1.10. The van der Waals surface area contributed by atoms with Crippen molar-refractivity contribution >= 4 is 16.7 Å². The number of ether oxygens (including phenoxy) is 1. The topological polar surface area (TPSA) is 26.3 Å². The third kappa shape index (κ3) is 3.32. The van der Waals surface area contributed by atoms with E-state index < -0.39 is 0 Å². The zero-order valence-corrected chi connectivity index (χ0v) is 13.3. The molecule has 3 rings (SSSR count). The highest BCUT2D eigenvalue weighted by atomic mass is 16.5. The molecule has 1 aliphatic rings. The summed E-state index contributed by atoms with van der Waals surface area (Å²) in [5.74, 6) is 0.114. The fourth-order valence-electron chi connectivity index (χ4n) is 3.37. The van der Waals surface area contributed by atoms with Gasteiger partial charge in [0.25, 0.3) is 0 Å². The van der Waals surface area contributed by atoms with E-state index in [9.17, 15) is 4.79 Å². The SMILES string of the molecule is CC[C@H](OC(=O)C1CCCCC1)c1ccc2ccccc2c1. The molecular formula is C20H24O2. The van der Waals surface area contributed by atoms with Crippen LogP contribution < -0.4 is 0 Å². The van der Waals surface area contributed by atoms with Gasteiger partial charge in [-0.05, 0) is 41.7 Å². The van der Waals surface area contributed by atoms with E-state index in [-0.39, 0.29) is 18.0 Å². The molecule has 0 amide bonds. The van der Waals surface area contributed by atoms with Crippen LogP contribution in [-0.4, -0.2) is 5.97 Å². The number of esters is 1. The van der Waals surface area contributed by atoms with Gasteiger partial charge in [-0.25, -0.2) is 0 Å². The average Bonchev–Trinajstić information content (AvgIpc) is 2.59. The molecule has 0 spiro atoms. The summed E-state index contributed by atoms with van der Waals surface area (Å²) in [6, 6.07) is 14.6. The molecule has 116 valence electrons. The highest BCUT2D eigenvalue weighted by molar-refractivity contribution is 5.83. The molecule has 1 fully saturated rings. The zero-order chi connectivity index (χ0) is 15.4. The number of benzene rings is 2. The van der Waals surface area contributed by atoms with Crippen molar-refractivity contribution in [2.75, 3.05) is 0 Å². The molecule has 2 nitrogen and oxygen atoms in total. The van der Waals surface area contributed by atoms with Crippen LogP contribution in [0.5, 0.6) is 0 Å². The van der Waals surface area contributed by atoms with E-state index in [4.69, 9.17) is 4.74 Å². The van der Waals surface area contributed by atoms with Gasteiger partial charge in [-0.15, -0.1) is 0 Å². The van der Waals surface area contributed by atoms with Crippen molar-refractivity contribution in [3.05, 3.63) is 48.0 Å². The van der Waals surface area contributed by atoms with Crippen molar-refractivity contribution < 1.29 is 9.53 Å². The van der Waals surface area contributed by atoms with Gasteiger partial charge in [-0.3, -0.25) is 4.79 Å². The van der Waals surface area contributed by atoms with Crippen LogP contribution in [0.1, 0.15) is 57.1 Å². The second-order valence-electron chi connectivity index (χ2n) is 6.28. The summed E-state index contributed by atoms with van der Waals surface area (Å²) in [4.78, 5) is 12.4. The number of carbonyl (C=O) groups is 1. The van der Waals surface area contributed by atoms with Gasteiger partial charge in [0, 0.05) is 0 Å². The number of rotatable bonds is 4. The summed E-state index contributed by atoms with van der Waals surface area (Å²) >= 11 is 0. The zero-order valence-electron chi connectivity index (χ0n) is 13.3. The monoisotopic (exact) mass is 296 g/mol. The van der Waals surface area contributed by atoms with Crippen molar-refractivity contribution in [2.45, 2.75) is 51.6 Å². The molecule has 1 saturated carbocycles. The first-order chi connectivity index (χ1) is 10.8. The molecule has 2 aromatic rings. The lowest BCUT2D eigenvalue weighted by Gasteiger charge is -2.24. The van der Waals surface area contributed by atoms with Crippen LogP contribution in [0, 0.1) is 5.92 Å².